The second-order valence-corrected chi connectivity index (χ2v) is 5.82. The number of aromatic hydroxyl groups is 1. The molecular formula is C20H26FN3O2. The lowest BCUT2D eigenvalue weighted by Gasteiger charge is -2.11. The third-order valence-electron chi connectivity index (χ3n) is 3.85. The molecule has 0 saturated carbocycles. The predicted molar refractivity (Wildman–Crippen MR) is 102 cm³/mol. The summed E-state index contributed by atoms with van der Waals surface area (Å²) >= 11 is 0. The number of hydrogen-bond acceptors (Lipinski definition) is 3. The van der Waals surface area contributed by atoms with E-state index in [9.17, 15) is 9.50 Å². The van der Waals surface area contributed by atoms with Gasteiger partial charge in [0.05, 0.1) is 7.11 Å². The van der Waals surface area contributed by atoms with E-state index in [4.69, 9.17) is 4.74 Å². The van der Waals surface area contributed by atoms with Crippen molar-refractivity contribution in [2.45, 2.75) is 19.8 Å². The van der Waals surface area contributed by atoms with Gasteiger partial charge < -0.3 is 20.5 Å². The van der Waals surface area contributed by atoms with Crippen molar-refractivity contribution in [1.82, 2.24) is 10.6 Å². The summed E-state index contributed by atoms with van der Waals surface area (Å²) in [6, 6.07) is 11.9. The minimum absolute atomic E-state index is 0.132. The van der Waals surface area contributed by atoms with Crippen LogP contribution >= 0.6 is 0 Å². The number of rotatable bonds is 8. The lowest BCUT2D eigenvalue weighted by atomic mass is 10.1. The number of guanidine groups is 1. The molecule has 0 saturated heterocycles. The van der Waals surface area contributed by atoms with E-state index < -0.39 is 0 Å². The number of aliphatic imine (C=N–C) groups is 1. The third kappa shape index (κ3) is 6.27. The number of benzene rings is 2. The van der Waals surface area contributed by atoms with Gasteiger partial charge in [-0.1, -0.05) is 18.2 Å². The number of nitrogens with one attached hydrogen (secondary N) is 2. The highest BCUT2D eigenvalue weighted by Crippen LogP contribution is 2.26. The van der Waals surface area contributed by atoms with E-state index in [1.54, 1.807) is 18.2 Å². The zero-order valence-electron chi connectivity index (χ0n) is 15.3. The van der Waals surface area contributed by atoms with Crippen LogP contribution in [0.15, 0.2) is 47.5 Å². The van der Waals surface area contributed by atoms with Crippen molar-refractivity contribution in [3.8, 4) is 11.5 Å². The Morgan fingerprint density at radius 2 is 1.92 bits per heavy atom. The van der Waals surface area contributed by atoms with Crippen molar-refractivity contribution in [3.63, 3.8) is 0 Å². The van der Waals surface area contributed by atoms with Gasteiger partial charge in [-0.05, 0) is 55.2 Å². The molecule has 0 unspecified atom stereocenters. The largest absolute Gasteiger partial charge is 0.504 e. The summed E-state index contributed by atoms with van der Waals surface area (Å²) in [5.41, 5.74) is 1.99. The van der Waals surface area contributed by atoms with Gasteiger partial charge in [-0.3, -0.25) is 4.99 Å². The molecular weight excluding hydrogens is 333 g/mol. The standard InChI is InChI=1S/C20H26FN3O2/c1-3-22-20(23-11-9-15-5-4-6-17(21)13-15)24-12-10-16-7-8-18(25)19(14-16)26-2/h4-8,13-14,25H,3,9-12H2,1-2H3,(H2,22,23,24). The van der Waals surface area contributed by atoms with E-state index in [1.807, 2.05) is 25.1 Å². The molecule has 26 heavy (non-hydrogen) atoms. The molecule has 0 spiro atoms. The fourth-order valence-corrected chi connectivity index (χ4v) is 2.53. The van der Waals surface area contributed by atoms with Gasteiger partial charge in [0.15, 0.2) is 17.5 Å². The van der Waals surface area contributed by atoms with Gasteiger partial charge in [0, 0.05) is 19.6 Å². The smallest absolute Gasteiger partial charge is 0.191 e. The van der Waals surface area contributed by atoms with Gasteiger partial charge in [-0.15, -0.1) is 0 Å². The summed E-state index contributed by atoms with van der Waals surface area (Å²) < 4.78 is 18.3. The van der Waals surface area contributed by atoms with Gasteiger partial charge in [0.2, 0.25) is 0 Å². The van der Waals surface area contributed by atoms with E-state index in [2.05, 4.69) is 15.6 Å². The van der Waals surface area contributed by atoms with Crippen LogP contribution in [-0.2, 0) is 12.8 Å². The van der Waals surface area contributed by atoms with Crippen LogP contribution in [0.2, 0.25) is 0 Å². The van der Waals surface area contributed by atoms with Crippen LogP contribution < -0.4 is 15.4 Å². The maximum Gasteiger partial charge on any atom is 0.191 e. The molecule has 0 aliphatic rings. The van der Waals surface area contributed by atoms with Crippen LogP contribution in [0.4, 0.5) is 4.39 Å². The second kappa shape index (κ2) is 10.3. The van der Waals surface area contributed by atoms with E-state index in [-0.39, 0.29) is 11.6 Å². The molecule has 5 nitrogen and oxygen atoms in total. The summed E-state index contributed by atoms with van der Waals surface area (Å²) in [4.78, 5) is 4.55. The number of hydrogen-bond donors (Lipinski definition) is 3. The first-order chi connectivity index (χ1) is 12.6. The number of nitrogens with zero attached hydrogens (tertiary/aromatic N) is 1. The first-order valence-electron chi connectivity index (χ1n) is 8.75. The third-order valence-corrected chi connectivity index (χ3v) is 3.85. The van der Waals surface area contributed by atoms with Crippen LogP contribution in [0.25, 0.3) is 0 Å². The van der Waals surface area contributed by atoms with E-state index in [1.165, 1.54) is 13.2 Å². The van der Waals surface area contributed by atoms with E-state index >= 15 is 0 Å². The number of phenols is 1. The maximum atomic E-state index is 13.2. The Morgan fingerprint density at radius 3 is 2.65 bits per heavy atom. The minimum atomic E-state index is -0.215. The summed E-state index contributed by atoms with van der Waals surface area (Å²) in [5.74, 6) is 1.11. The number of phenolic OH excluding ortho intramolecular Hbond substituents is 1. The van der Waals surface area contributed by atoms with Crippen LogP contribution in [0.3, 0.4) is 0 Å². The summed E-state index contributed by atoms with van der Waals surface area (Å²) in [7, 11) is 1.53. The zero-order valence-corrected chi connectivity index (χ0v) is 15.3. The predicted octanol–water partition coefficient (Wildman–Crippen LogP) is 2.88. The van der Waals surface area contributed by atoms with Crippen LogP contribution in [0.5, 0.6) is 11.5 Å². The molecule has 0 aliphatic carbocycles. The molecule has 0 aliphatic heterocycles. The van der Waals surface area contributed by atoms with Gasteiger partial charge in [-0.25, -0.2) is 4.39 Å². The molecule has 0 atom stereocenters. The minimum Gasteiger partial charge on any atom is -0.504 e. The Labute approximate surface area is 153 Å². The topological polar surface area (TPSA) is 65.9 Å². The average molecular weight is 359 g/mol. The monoisotopic (exact) mass is 359 g/mol. The van der Waals surface area contributed by atoms with Crippen LogP contribution in [0.1, 0.15) is 18.1 Å². The number of ether oxygens (including phenoxy) is 1. The SMILES string of the molecule is CCNC(=NCCc1ccc(O)c(OC)c1)NCCc1cccc(F)c1. The normalized spacial score (nSPS) is 11.3. The number of methoxy groups -OCH3 is 1. The number of halogens is 1. The van der Waals surface area contributed by atoms with Crippen molar-refractivity contribution in [1.29, 1.82) is 0 Å². The van der Waals surface area contributed by atoms with Crippen molar-refractivity contribution in [2.24, 2.45) is 4.99 Å². The molecule has 0 fully saturated rings. The first-order valence-corrected chi connectivity index (χ1v) is 8.75. The maximum absolute atomic E-state index is 13.2. The summed E-state index contributed by atoms with van der Waals surface area (Å²) in [6.45, 7) is 4.04. The quantitative estimate of drug-likeness (QED) is 0.501. The Bertz CT molecular complexity index is 735. The lowest BCUT2D eigenvalue weighted by molar-refractivity contribution is 0.373. The molecule has 3 N–H and O–H groups in total. The van der Waals surface area contributed by atoms with Crippen molar-refractivity contribution in [3.05, 3.63) is 59.4 Å². The van der Waals surface area contributed by atoms with Gasteiger partial charge in [0.25, 0.3) is 0 Å². The molecule has 0 bridgehead atoms. The molecule has 0 heterocycles. The molecule has 0 radical (unpaired) electrons. The zero-order chi connectivity index (χ0) is 18.8. The van der Waals surface area contributed by atoms with Crippen molar-refractivity contribution in [2.75, 3.05) is 26.7 Å². The highest BCUT2D eigenvalue weighted by Gasteiger charge is 2.03. The van der Waals surface area contributed by atoms with Gasteiger partial charge >= 0.3 is 0 Å². The Morgan fingerprint density at radius 1 is 1.12 bits per heavy atom. The fourth-order valence-electron chi connectivity index (χ4n) is 2.53. The molecule has 140 valence electrons. The Hall–Kier alpha value is -2.76. The highest BCUT2D eigenvalue weighted by molar-refractivity contribution is 5.79. The average Bonchev–Trinajstić information content (AvgIpc) is 2.63. The summed E-state index contributed by atoms with van der Waals surface area (Å²) in [5, 5.41) is 16.1. The Balaban J connectivity index is 1.85. The van der Waals surface area contributed by atoms with Gasteiger partial charge in [-0.2, -0.15) is 0 Å². The summed E-state index contributed by atoms with van der Waals surface area (Å²) in [6.07, 6.45) is 1.45. The molecule has 0 amide bonds. The molecule has 6 heteroatoms. The van der Waals surface area contributed by atoms with Gasteiger partial charge in [0.1, 0.15) is 5.82 Å². The van der Waals surface area contributed by atoms with Crippen molar-refractivity contribution < 1.29 is 14.2 Å². The van der Waals surface area contributed by atoms with Crippen LogP contribution in [-0.4, -0.2) is 37.8 Å². The lowest BCUT2D eigenvalue weighted by Crippen LogP contribution is -2.38. The molecule has 2 aromatic rings. The fraction of sp³-hybridized carbons (Fsp3) is 0.350. The molecule has 2 aromatic carbocycles. The molecule has 2 rings (SSSR count). The van der Waals surface area contributed by atoms with Crippen LogP contribution in [0, 0.1) is 5.82 Å². The Kier molecular flexibility index (Phi) is 7.74. The molecule has 0 aromatic heterocycles. The highest BCUT2D eigenvalue weighted by atomic mass is 19.1. The first kappa shape index (κ1) is 19.6. The second-order valence-electron chi connectivity index (χ2n) is 5.82. The van der Waals surface area contributed by atoms with Crippen molar-refractivity contribution >= 4 is 5.96 Å². The van der Waals surface area contributed by atoms with E-state index in [0.29, 0.717) is 18.8 Å². The van der Waals surface area contributed by atoms with E-state index in [0.717, 1.165) is 36.5 Å².